The maximum Gasteiger partial charge on any atom is 0.326 e. The molecule has 0 aromatic heterocycles. The van der Waals surface area contributed by atoms with Crippen molar-refractivity contribution in [2.75, 3.05) is 13.7 Å². The zero-order valence-electron chi connectivity index (χ0n) is 13.0. The maximum absolute atomic E-state index is 12.4. The molecule has 0 spiro atoms. The number of hydrogen-bond acceptors (Lipinski definition) is 3. The number of carbonyl (C=O) groups excluding carboxylic acids is 1. The van der Waals surface area contributed by atoms with Crippen LogP contribution in [0.2, 0.25) is 0 Å². The molecule has 0 aromatic rings. The average Bonchev–Trinajstić information content (AvgIpc) is 2.88. The Morgan fingerprint density at radius 2 is 2.00 bits per heavy atom. The summed E-state index contributed by atoms with van der Waals surface area (Å²) in [5, 5.41) is 12.3. The molecule has 2 N–H and O–H groups in total. The van der Waals surface area contributed by atoms with Crippen molar-refractivity contribution in [3.8, 4) is 0 Å². The zero-order chi connectivity index (χ0) is 15.6. The number of ether oxygens (including phenoxy) is 1. The minimum Gasteiger partial charge on any atom is -0.480 e. The Kier molecular flexibility index (Phi) is 5.08. The molecule has 1 heterocycles. The van der Waals surface area contributed by atoms with Crippen LogP contribution in [-0.2, 0) is 9.53 Å². The first kappa shape index (κ1) is 16.1. The molecular formula is C15H26N2O4. The van der Waals surface area contributed by atoms with E-state index < -0.39 is 12.0 Å². The van der Waals surface area contributed by atoms with E-state index >= 15 is 0 Å². The van der Waals surface area contributed by atoms with Gasteiger partial charge < -0.3 is 20.1 Å². The monoisotopic (exact) mass is 298 g/mol. The maximum atomic E-state index is 12.4. The van der Waals surface area contributed by atoms with E-state index in [0.717, 1.165) is 12.8 Å². The Morgan fingerprint density at radius 3 is 2.62 bits per heavy atom. The van der Waals surface area contributed by atoms with Crippen LogP contribution in [0.15, 0.2) is 0 Å². The van der Waals surface area contributed by atoms with Gasteiger partial charge in [-0.15, -0.1) is 0 Å². The minimum atomic E-state index is -0.963. The molecule has 120 valence electrons. The topological polar surface area (TPSA) is 78.9 Å². The van der Waals surface area contributed by atoms with Crippen LogP contribution < -0.4 is 5.32 Å². The smallest absolute Gasteiger partial charge is 0.326 e. The molecule has 1 saturated heterocycles. The summed E-state index contributed by atoms with van der Waals surface area (Å²) in [4.78, 5) is 25.2. The molecule has 0 bridgehead atoms. The van der Waals surface area contributed by atoms with Crippen LogP contribution in [0.4, 0.5) is 4.79 Å². The Balaban J connectivity index is 1.99. The van der Waals surface area contributed by atoms with Crippen LogP contribution in [0.1, 0.15) is 39.5 Å². The number of carboxylic acids is 1. The number of rotatable bonds is 3. The second kappa shape index (κ2) is 6.64. The summed E-state index contributed by atoms with van der Waals surface area (Å²) in [5.41, 5.74) is 0. The van der Waals surface area contributed by atoms with Gasteiger partial charge in [0.05, 0.1) is 6.10 Å². The number of amides is 2. The lowest BCUT2D eigenvalue weighted by Gasteiger charge is -2.36. The molecule has 1 aliphatic carbocycles. The fraction of sp³-hybridized carbons (Fsp3) is 0.867. The molecular weight excluding hydrogens is 272 g/mol. The highest BCUT2D eigenvalue weighted by molar-refractivity contribution is 5.83. The van der Waals surface area contributed by atoms with Crippen molar-refractivity contribution < 1.29 is 19.4 Å². The number of likely N-dealkylation sites (tertiary alicyclic amines) is 1. The minimum absolute atomic E-state index is 0.136. The number of carboxylic acid groups (broad SMARTS) is 1. The second-order valence-corrected chi connectivity index (χ2v) is 6.42. The Bertz CT molecular complexity index is 401. The van der Waals surface area contributed by atoms with Crippen LogP contribution in [0.5, 0.6) is 0 Å². The van der Waals surface area contributed by atoms with Gasteiger partial charge in [-0.1, -0.05) is 26.7 Å². The van der Waals surface area contributed by atoms with Crippen molar-refractivity contribution in [3.05, 3.63) is 0 Å². The number of carbonyl (C=O) groups is 2. The molecule has 2 rings (SSSR count). The van der Waals surface area contributed by atoms with Crippen LogP contribution in [-0.4, -0.2) is 53.8 Å². The first-order valence-electron chi connectivity index (χ1n) is 7.76. The van der Waals surface area contributed by atoms with E-state index in [1.165, 1.54) is 11.3 Å². The van der Waals surface area contributed by atoms with Gasteiger partial charge in [-0.25, -0.2) is 9.59 Å². The van der Waals surface area contributed by atoms with Gasteiger partial charge in [-0.2, -0.15) is 0 Å². The number of nitrogens with one attached hydrogen (secondary N) is 1. The normalized spacial score (nSPS) is 36.5. The van der Waals surface area contributed by atoms with E-state index in [1.807, 2.05) is 0 Å². The summed E-state index contributed by atoms with van der Waals surface area (Å²) in [6.45, 7) is 4.71. The fourth-order valence-electron chi connectivity index (χ4n) is 3.45. The number of aliphatic carboxylic acids is 1. The quantitative estimate of drug-likeness (QED) is 0.831. The Morgan fingerprint density at radius 1 is 1.29 bits per heavy atom. The number of hydrogen-bond donors (Lipinski definition) is 2. The highest BCUT2D eigenvalue weighted by atomic mass is 16.5. The molecule has 5 atom stereocenters. The summed E-state index contributed by atoms with van der Waals surface area (Å²) >= 11 is 0. The largest absolute Gasteiger partial charge is 0.480 e. The number of urea groups is 1. The average molecular weight is 298 g/mol. The lowest BCUT2D eigenvalue weighted by molar-refractivity contribution is -0.141. The van der Waals surface area contributed by atoms with E-state index in [9.17, 15) is 14.7 Å². The fourth-order valence-corrected chi connectivity index (χ4v) is 3.45. The SMILES string of the molecule is COC1CC(C(=O)O)N(C(=O)NC2CCCC(C)C2C)C1. The summed E-state index contributed by atoms with van der Waals surface area (Å²) < 4.78 is 5.22. The van der Waals surface area contributed by atoms with Crippen LogP contribution >= 0.6 is 0 Å². The molecule has 1 aliphatic heterocycles. The molecule has 21 heavy (non-hydrogen) atoms. The summed E-state index contributed by atoms with van der Waals surface area (Å²) in [5.74, 6) is 0.0474. The summed E-state index contributed by atoms with van der Waals surface area (Å²) in [6, 6.07) is -0.920. The molecule has 0 radical (unpaired) electrons. The van der Waals surface area contributed by atoms with Crippen molar-refractivity contribution >= 4 is 12.0 Å². The standard InChI is InChI=1S/C15H26N2O4/c1-9-5-4-6-12(10(9)2)16-15(20)17-8-11(21-3)7-13(17)14(18)19/h9-13H,4-8H2,1-3H3,(H,16,20)(H,18,19). The van der Waals surface area contributed by atoms with Crippen LogP contribution in [0.3, 0.4) is 0 Å². The van der Waals surface area contributed by atoms with E-state index in [1.54, 1.807) is 7.11 Å². The van der Waals surface area contributed by atoms with Gasteiger partial charge in [0.2, 0.25) is 0 Å². The predicted octanol–water partition coefficient (Wildman–Crippen LogP) is 1.69. The van der Waals surface area contributed by atoms with Gasteiger partial charge in [0, 0.05) is 26.1 Å². The first-order chi connectivity index (χ1) is 9.93. The van der Waals surface area contributed by atoms with Crippen molar-refractivity contribution in [1.29, 1.82) is 0 Å². The van der Waals surface area contributed by atoms with Crippen LogP contribution in [0.25, 0.3) is 0 Å². The van der Waals surface area contributed by atoms with Gasteiger partial charge in [0.1, 0.15) is 6.04 Å². The van der Waals surface area contributed by atoms with E-state index in [-0.39, 0.29) is 18.2 Å². The molecule has 5 unspecified atom stereocenters. The summed E-state index contributed by atoms with van der Waals surface area (Å²) in [6.07, 6.45) is 3.44. The van der Waals surface area contributed by atoms with Crippen molar-refractivity contribution in [1.82, 2.24) is 10.2 Å². The molecule has 1 saturated carbocycles. The summed E-state index contributed by atoms with van der Waals surface area (Å²) in [7, 11) is 1.55. The van der Waals surface area contributed by atoms with Gasteiger partial charge >= 0.3 is 12.0 Å². The third-order valence-corrected chi connectivity index (χ3v) is 5.16. The van der Waals surface area contributed by atoms with Crippen LogP contribution in [0, 0.1) is 11.8 Å². The third-order valence-electron chi connectivity index (χ3n) is 5.16. The first-order valence-corrected chi connectivity index (χ1v) is 7.76. The van der Waals surface area contributed by atoms with Crippen molar-refractivity contribution in [3.63, 3.8) is 0 Å². The van der Waals surface area contributed by atoms with E-state index in [2.05, 4.69) is 19.2 Å². The number of methoxy groups -OCH3 is 1. The molecule has 2 fully saturated rings. The molecule has 6 heteroatoms. The predicted molar refractivity (Wildman–Crippen MR) is 78.0 cm³/mol. The van der Waals surface area contributed by atoms with E-state index in [0.29, 0.717) is 24.8 Å². The second-order valence-electron chi connectivity index (χ2n) is 6.42. The van der Waals surface area contributed by atoms with Crippen molar-refractivity contribution in [2.24, 2.45) is 11.8 Å². The molecule has 2 amide bonds. The van der Waals surface area contributed by atoms with Gasteiger partial charge in [0.15, 0.2) is 0 Å². The third kappa shape index (κ3) is 3.48. The molecule has 2 aliphatic rings. The highest BCUT2D eigenvalue weighted by Crippen LogP contribution is 2.30. The van der Waals surface area contributed by atoms with Gasteiger partial charge in [0.25, 0.3) is 0 Å². The molecule has 0 aromatic carbocycles. The lowest BCUT2D eigenvalue weighted by atomic mass is 9.78. The van der Waals surface area contributed by atoms with Gasteiger partial charge in [-0.05, 0) is 18.3 Å². The van der Waals surface area contributed by atoms with Gasteiger partial charge in [-0.3, -0.25) is 0 Å². The number of nitrogens with zero attached hydrogens (tertiary/aromatic N) is 1. The molecule has 6 nitrogen and oxygen atoms in total. The van der Waals surface area contributed by atoms with Crippen molar-refractivity contribution in [2.45, 2.75) is 57.7 Å². The Hall–Kier alpha value is -1.30. The Labute approximate surface area is 125 Å². The highest BCUT2D eigenvalue weighted by Gasteiger charge is 2.41. The lowest BCUT2D eigenvalue weighted by Crippen LogP contribution is -2.52. The zero-order valence-corrected chi connectivity index (χ0v) is 13.0. The van der Waals surface area contributed by atoms with E-state index in [4.69, 9.17) is 4.74 Å².